The highest BCUT2D eigenvalue weighted by Gasteiger charge is 2.41. The highest BCUT2D eigenvalue weighted by atomic mass is 35.5. The Hall–Kier alpha value is -1.30. The van der Waals surface area contributed by atoms with Crippen molar-refractivity contribution in [2.75, 3.05) is 26.8 Å². The molecular weight excluding hydrogens is 378 g/mol. The van der Waals surface area contributed by atoms with E-state index in [1.807, 2.05) is 45.0 Å². The van der Waals surface area contributed by atoms with Crippen LogP contribution in [-0.2, 0) is 15.1 Å². The fourth-order valence-corrected chi connectivity index (χ4v) is 4.03. The molecule has 6 heteroatoms. The molecule has 28 heavy (non-hydrogen) atoms. The number of halogens is 1. The minimum atomic E-state index is -1.04. The average Bonchev–Trinajstić information content (AvgIpc) is 2.64. The zero-order chi connectivity index (χ0) is 20.8. The van der Waals surface area contributed by atoms with Gasteiger partial charge in [0.25, 0.3) is 0 Å². The van der Waals surface area contributed by atoms with E-state index in [1.165, 1.54) is 0 Å². The van der Waals surface area contributed by atoms with Gasteiger partial charge in [0.15, 0.2) is 0 Å². The summed E-state index contributed by atoms with van der Waals surface area (Å²) in [5.74, 6) is -0.0743. The van der Waals surface area contributed by atoms with Crippen LogP contribution < -0.4 is 0 Å². The second kappa shape index (κ2) is 9.95. The quantitative estimate of drug-likeness (QED) is 0.642. The third-order valence-electron chi connectivity index (χ3n) is 5.23. The van der Waals surface area contributed by atoms with Crippen molar-refractivity contribution in [2.24, 2.45) is 5.92 Å². The van der Waals surface area contributed by atoms with Crippen LogP contribution in [0.25, 0.3) is 0 Å². The van der Waals surface area contributed by atoms with Crippen molar-refractivity contribution in [1.29, 1.82) is 0 Å². The zero-order valence-electron chi connectivity index (χ0n) is 17.5. The number of piperidine rings is 1. The lowest BCUT2D eigenvalue weighted by Gasteiger charge is -2.43. The number of methoxy groups -OCH3 is 1. The maximum atomic E-state index is 12.6. The number of hydrogen-bond acceptors (Lipinski definition) is 4. The van der Waals surface area contributed by atoms with Crippen molar-refractivity contribution in [1.82, 2.24) is 4.90 Å². The van der Waals surface area contributed by atoms with Gasteiger partial charge in [-0.3, -0.25) is 0 Å². The van der Waals surface area contributed by atoms with Crippen molar-refractivity contribution in [2.45, 2.75) is 64.1 Å². The van der Waals surface area contributed by atoms with Gasteiger partial charge in [-0.1, -0.05) is 23.7 Å². The highest BCUT2D eigenvalue weighted by molar-refractivity contribution is 6.30. The average molecular weight is 412 g/mol. The fraction of sp³-hybridized carbons (Fsp3) is 0.682. The van der Waals surface area contributed by atoms with Crippen LogP contribution in [0.4, 0.5) is 4.79 Å². The van der Waals surface area contributed by atoms with E-state index in [1.54, 1.807) is 12.0 Å². The number of carbonyl (C=O) groups is 1. The topological polar surface area (TPSA) is 59.0 Å². The van der Waals surface area contributed by atoms with Crippen LogP contribution >= 0.6 is 11.6 Å². The van der Waals surface area contributed by atoms with Crippen LogP contribution in [0.1, 0.15) is 58.4 Å². The third-order valence-corrected chi connectivity index (χ3v) is 5.46. The summed E-state index contributed by atoms with van der Waals surface area (Å²) in [5, 5.41) is 12.4. The first-order valence-electron chi connectivity index (χ1n) is 10.1. The molecule has 0 spiro atoms. The van der Waals surface area contributed by atoms with Gasteiger partial charge in [-0.25, -0.2) is 4.79 Å². The van der Waals surface area contributed by atoms with E-state index in [2.05, 4.69) is 0 Å². The molecule has 0 bridgehead atoms. The van der Waals surface area contributed by atoms with E-state index in [0.29, 0.717) is 31.1 Å². The molecule has 0 saturated carbocycles. The number of benzene rings is 1. The Balaban J connectivity index is 2.20. The normalized spacial score (nSPS) is 19.9. The second-order valence-electron chi connectivity index (χ2n) is 8.65. The number of amides is 1. The van der Waals surface area contributed by atoms with E-state index in [4.69, 9.17) is 21.1 Å². The largest absolute Gasteiger partial charge is 0.444 e. The maximum absolute atomic E-state index is 12.6. The fourth-order valence-electron chi connectivity index (χ4n) is 3.84. The van der Waals surface area contributed by atoms with Crippen molar-refractivity contribution in [3.63, 3.8) is 0 Å². The van der Waals surface area contributed by atoms with Gasteiger partial charge in [0, 0.05) is 37.7 Å². The Bertz CT molecular complexity index is 646. The SMILES string of the molecule is COCCCCC(O)(c1cccc(Cl)c1)C1CCCN(C(=O)OC(C)(C)C)C1. The molecule has 0 radical (unpaired) electrons. The monoisotopic (exact) mass is 411 g/mol. The smallest absolute Gasteiger partial charge is 0.410 e. The number of unbranched alkanes of at least 4 members (excludes halogenated alkanes) is 1. The zero-order valence-corrected chi connectivity index (χ0v) is 18.3. The van der Waals surface area contributed by atoms with Crippen molar-refractivity contribution < 1.29 is 19.4 Å². The Labute approximate surface area is 174 Å². The first-order valence-corrected chi connectivity index (χ1v) is 10.5. The molecule has 2 rings (SSSR count). The van der Waals surface area contributed by atoms with E-state index in [0.717, 1.165) is 31.2 Å². The van der Waals surface area contributed by atoms with Gasteiger partial charge < -0.3 is 19.5 Å². The number of carbonyl (C=O) groups excluding carboxylic acids is 1. The molecule has 158 valence electrons. The predicted molar refractivity (Wildman–Crippen MR) is 112 cm³/mol. The van der Waals surface area contributed by atoms with Crippen LogP contribution in [0.2, 0.25) is 5.02 Å². The number of nitrogens with zero attached hydrogens (tertiary/aromatic N) is 1. The standard InChI is InChI=1S/C22H34ClNO4/c1-21(2,3)28-20(25)24-13-8-10-18(16-24)22(26,12-5-6-14-27-4)17-9-7-11-19(23)15-17/h7,9,11,15,18,26H,5-6,8,10,12-14,16H2,1-4H3. The summed E-state index contributed by atoms with van der Waals surface area (Å²) in [6, 6.07) is 7.44. The van der Waals surface area contributed by atoms with E-state index in [9.17, 15) is 9.90 Å². The lowest BCUT2D eigenvalue weighted by Crippen LogP contribution is -2.49. The van der Waals surface area contributed by atoms with Crippen LogP contribution in [0.15, 0.2) is 24.3 Å². The molecule has 1 saturated heterocycles. The lowest BCUT2D eigenvalue weighted by atomic mass is 9.74. The summed E-state index contributed by atoms with van der Waals surface area (Å²) in [4.78, 5) is 14.3. The van der Waals surface area contributed by atoms with E-state index >= 15 is 0 Å². The molecule has 0 aliphatic carbocycles. The Morgan fingerprint density at radius 1 is 1.32 bits per heavy atom. The molecule has 0 aromatic heterocycles. The number of rotatable bonds is 7. The molecule has 1 N–H and O–H groups in total. The molecule has 1 aromatic carbocycles. The molecule has 1 fully saturated rings. The van der Waals surface area contributed by atoms with Crippen LogP contribution in [0, 0.1) is 5.92 Å². The summed E-state index contributed by atoms with van der Waals surface area (Å²) < 4.78 is 10.7. The number of ether oxygens (including phenoxy) is 2. The summed E-state index contributed by atoms with van der Waals surface area (Å²) >= 11 is 6.21. The van der Waals surface area contributed by atoms with Crippen molar-refractivity contribution >= 4 is 17.7 Å². The first-order chi connectivity index (χ1) is 13.2. The lowest BCUT2D eigenvalue weighted by molar-refractivity contribution is -0.0642. The molecule has 1 aliphatic heterocycles. The summed E-state index contributed by atoms with van der Waals surface area (Å²) in [5.41, 5.74) is -0.763. The van der Waals surface area contributed by atoms with Gasteiger partial charge >= 0.3 is 6.09 Å². The van der Waals surface area contributed by atoms with Crippen LogP contribution in [0.5, 0.6) is 0 Å². The molecule has 5 nitrogen and oxygen atoms in total. The van der Waals surface area contributed by atoms with Crippen LogP contribution in [0.3, 0.4) is 0 Å². The highest BCUT2D eigenvalue weighted by Crippen LogP contribution is 2.40. The third kappa shape index (κ3) is 6.36. The molecule has 2 unspecified atom stereocenters. The second-order valence-corrected chi connectivity index (χ2v) is 9.09. The molecule has 1 aromatic rings. The van der Waals surface area contributed by atoms with Gasteiger partial charge in [0.1, 0.15) is 5.60 Å². The van der Waals surface area contributed by atoms with Crippen molar-refractivity contribution in [3.05, 3.63) is 34.9 Å². The van der Waals surface area contributed by atoms with Gasteiger partial charge in [-0.15, -0.1) is 0 Å². The van der Waals surface area contributed by atoms with Crippen LogP contribution in [-0.4, -0.2) is 48.5 Å². The van der Waals surface area contributed by atoms with Gasteiger partial charge in [0.2, 0.25) is 0 Å². The van der Waals surface area contributed by atoms with Crippen molar-refractivity contribution in [3.8, 4) is 0 Å². The Morgan fingerprint density at radius 3 is 2.71 bits per heavy atom. The van der Waals surface area contributed by atoms with E-state index in [-0.39, 0.29) is 12.0 Å². The minimum absolute atomic E-state index is 0.0743. The molecule has 1 heterocycles. The van der Waals surface area contributed by atoms with E-state index < -0.39 is 11.2 Å². The Kier molecular flexibility index (Phi) is 8.17. The number of likely N-dealkylation sites (tertiary alicyclic amines) is 1. The van der Waals surface area contributed by atoms with Gasteiger partial charge in [-0.05, 0) is 70.6 Å². The summed E-state index contributed by atoms with van der Waals surface area (Å²) in [6.45, 7) is 7.39. The molecule has 2 atom stereocenters. The summed E-state index contributed by atoms with van der Waals surface area (Å²) in [7, 11) is 1.68. The predicted octanol–water partition coefficient (Wildman–Crippen LogP) is 4.99. The van der Waals surface area contributed by atoms with Gasteiger partial charge in [0.05, 0.1) is 5.60 Å². The minimum Gasteiger partial charge on any atom is -0.444 e. The number of aliphatic hydroxyl groups is 1. The Morgan fingerprint density at radius 2 is 2.07 bits per heavy atom. The first kappa shape index (κ1) is 23.0. The molecular formula is C22H34ClNO4. The molecule has 1 amide bonds. The molecule has 1 aliphatic rings. The maximum Gasteiger partial charge on any atom is 0.410 e. The van der Waals surface area contributed by atoms with Gasteiger partial charge in [-0.2, -0.15) is 0 Å². The number of hydrogen-bond donors (Lipinski definition) is 1. The summed E-state index contributed by atoms with van der Waals surface area (Å²) in [6.07, 6.45) is 3.69.